The molecule has 2 unspecified atom stereocenters. The molecule has 8 heteroatoms. The van der Waals surface area contributed by atoms with E-state index in [1.54, 1.807) is 41.3 Å². The number of amides is 2. The summed E-state index contributed by atoms with van der Waals surface area (Å²) in [5, 5.41) is 2.98. The standard InChI is InChI=1S/C30H32FN3O4/c31-24-6-10-26(11-7-24)38-27-12-8-25(9-13-27)32-30(36)28-19-23(18-22-4-2-1-3-5-22)20-34(28)29(35)21-33-14-16-37-17-15-33/h1-13,23,28H,14-21H2,(H,32,36). The van der Waals surface area contributed by atoms with Crippen LogP contribution in [0, 0.1) is 11.7 Å². The zero-order valence-electron chi connectivity index (χ0n) is 21.2. The largest absolute Gasteiger partial charge is 0.457 e. The molecule has 0 aliphatic carbocycles. The summed E-state index contributed by atoms with van der Waals surface area (Å²) in [5.41, 5.74) is 1.82. The average Bonchev–Trinajstić information content (AvgIpc) is 3.36. The van der Waals surface area contributed by atoms with Crippen LogP contribution in [0.3, 0.4) is 0 Å². The molecular weight excluding hydrogens is 485 g/mol. The second-order valence-electron chi connectivity index (χ2n) is 9.81. The molecule has 2 aliphatic heterocycles. The van der Waals surface area contributed by atoms with Crippen molar-refractivity contribution in [1.82, 2.24) is 9.80 Å². The molecule has 38 heavy (non-hydrogen) atoms. The van der Waals surface area contributed by atoms with Crippen molar-refractivity contribution < 1.29 is 23.5 Å². The highest BCUT2D eigenvalue weighted by Crippen LogP contribution is 2.29. The summed E-state index contributed by atoms with van der Waals surface area (Å²) in [6, 6.07) is 22.4. The molecule has 7 nitrogen and oxygen atoms in total. The molecule has 0 spiro atoms. The summed E-state index contributed by atoms with van der Waals surface area (Å²) in [7, 11) is 0. The maximum atomic E-state index is 13.4. The van der Waals surface area contributed by atoms with E-state index in [1.165, 1.54) is 17.7 Å². The van der Waals surface area contributed by atoms with Crippen molar-refractivity contribution in [1.29, 1.82) is 0 Å². The van der Waals surface area contributed by atoms with Gasteiger partial charge in [0.05, 0.1) is 19.8 Å². The fraction of sp³-hybridized carbons (Fsp3) is 0.333. The number of benzene rings is 3. The van der Waals surface area contributed by atoms with E-state index in [0.29, 0.717) is 49.9 Å². The Morgan fingerprint density at radius 1 is 0.921 bits per heavy atom. The smallest absolute Gasteiger partial charge is 0.247 e. The lowest BCUT2D eigenvalue weighted by Gasteiger charge is -2.30. The molecule has 2 fully saturated rings. The molecule has 198 valence electrons. The highest BCUT2D eigenvalue weighted by atomic mass is 19.1. The molecule has 2 amide bonds. The van der Waals surface area contributed by atoms with Crippen LogP contribution in [0.15, 0.2) is 78.9 Å². The van der Waals surface area contributed by atoms with Crippen molar-refractivity contribution in [3.63, 3.8) is 0 Å². The first kappa shape index (κ1) is 25.9. The van der Waals surface area contributed by atoms with Crippen LogP contribution in [0.4, 0.5) is 10.1 Å². The van der Waals surface area contributed by atoms with Gasteiger partial charge in [-0.1, -0.05) is 30.3 Å². The van der Waals surface area contributed by atoms with Crippen LogP contribution in [0.5, 0.6) is 11.5 Å². The number of likely N-dealkylation sites (tertiary alicyclic amines) is 1. The van der Waals surface area contributed by atoms with Gasteiger partial charge in [0.15, 0.2) is 0 Å². The van der Waals surface area contributed by atoms with Gasteiger partial charge < -0.3 is 19.7 Å². The highest BCUT2D eigenvalue weighted by Gasteiger charge is 2.39. The van der Waals surface area contributed by atoms with Crippen molar-refractivity contribution in [3.05, 3.63) is 90.2 Å². The van der Waals surface area contributed by atoms with Crippen LogP contribution in [0.25, 0.3) is 0 Å². The zero-order chi connectivity index (χ0) is 26.3. The summed E-state index contributed by atoms with van der Waals surface area (Å²) in [5.74, 6) is 0.751. The fourth-order valence-electron chi connectivity index (χ4n) is 5.05. The number of hydrogen-bond acceptors (Lipinski definition) is 5. The Morgan fingerprint density at radius 3 is 2.26 bits per heavy atom. The van der Waals surface area contributed by atoms with Gasteiger partial charge in [-0.15, -0.1) is 0 Å². The van der Waals surface area contributed by atoms with E-state index in [9.17, 15) is 14.0 Å². The Balaban J connectivity index is 1.24. The van der Waals surface area contributed by atoms with Crippen LogP contribution >= 0.6 is 0 Å². The van der Waals surface area contributed by atoms with E-state index >= 15 is 0 Å². The molecular formula is C30H32FN3O4. The number of rotatable bonds is 8. The van der Waals surface area contributed by atoms with E-state index < -0.39 is 6.04 Å². The molecule has 3 aromatic rings. The molecule has 5 rings (SSSR count). The predicted octanol–water partition coefficient (Wildman–Crippen LogP) is 4.35. The van der Waals surface area contributed by atoms with E-state index in [2.05, 4.69) is 22.3 Å². The summed E-state index contributed by atoms with van der Waals surface area (Å²) in [4.78, 5) is 30.6. The van der Waals surface area contributed by atoms with Gasteiger partial charge >= 0.3 is 0 Å². The minimum Gasteiger partial charge on any atom is -0.457 e. The van der Waals surface area contributed by atoms with Gasteiger partial charge in [0.2, 0.25) is 11.8 Å². The maximum Gasteiger partial charge on any atom is 0.247 e. The molecule has 0 aromatic heterocycles. The average molecular weight is 518 g/mol. The molecule has 0 bridgehead atoms. The monoisotopic (exact) mass is 517 g/mol. The maximum absolute atomic E-state index is 13.4. The molecule has 0 radical (unpaired) electrons. The SMILES string of the molecule is O=C(Nc1ccc(Oc2ccc(F)cc2)cc1)C1CC(Cc2ccccc2)CN1C(=O)CN1CCOCC1. The number of ether oxygens (including phenoxy) is 2. The second-order valence-corrected chi connectivity index (χ2v) is 9.81. The van der Waals surface area contributed by atoms with Gasteiger partial charge in [-0.3, -0.25) is 14.5 Å². The fourth-order valence-corrected chi connectivity index (χ4v) is 5.05. The zero-order valence-corrected chi connectivity index (χ0v) is 21.2. The van der Waals surface area contributed by atoms with Crippen LogP contribution in [0.2, 0.25) is 0 Å². The quantitative estimate of drug-likeness (QED) is 0.481. The Morgan fingerprint density at radius 2 is 1.58 bits per heavy atom. The van der Waals surface area contributed by atoms with Crippen molar-refractivity contribution >= 4 is 17.5 Å². The lowest BCUT2D eigenvalue weighted by Crippen LogP contribution is -2.49. The van der Waals surface area contributed by atoms with Gasteiger partial charge in [-0.2, -0.15) is 0 Å². The van der Waals surface area contributed by atoms with Crippen LogP contribution < -0.4 is 10.1 Å². The summed E-state index contributed by atoms with van der Waals surface area (Å²) < 4.78 is 24.3. The van der Waals surface area contributed by atoms with E-state index in [0.717, 1.165) is 19.5 Å². The Kier molecular flexibility index (Phi) is 8.31. The van der Waals surface area contributed by atoms with Crippen molar-refractivity contribution in [2.45, 2.75) is 18.9 Å². The third-order valence-electron chi connectivity index (χ3n) is 7.01. The third kappa shape index (κ3) is 6.76. The first-order valence-electron chi connectivity index (χ1n) is 13.0. The Labute approximate surface area is 222 Å². The van der Waals surface area contributed by atoms with E-state index in [-0.39, 0.29) is 23.5 Å². The Bertz CT molecular complexity index is 1210. The van der Waals surface area contributed by atoms with Crippen LogP contribution in [-0.2, 0) is 20.7 Å². The lowest BCUT2D eigenvalue weighted by molar-refractivity contribution is -0.138. The van der Waals surface area contributed by atoms with Crippen molar-refractivity contribution in [2.24, 2.45) is 5.92 Å². The first-order valence-corrected chi connectivity index (χ1v) is 13.0. The topological polar surface area (TPSA) is 71.1 Å². The molecule has 2 aliphatic rings. The highest BCUT2D eigenvalue weighted by molar-refractivity contribution is 5.97. The van der Waals surface area contributed by atoms with Crippen LogP contribution in [-0.4, -0.2) is 67.0 Å². The summed E-state index contributed by atoms with van der Waals surface area (Å²) in [6.45, 7) is 3.52. The molecule has 1 N–H and O–H groups in total. The third-order valence-corrected chi connectivity index (χ3v) is 7.01. The van der Waals surface area contributed by atoms with Crippen molar-refractivity contribution in [2.75, 3.05) is 44.7 Å². The van der Waals surface area contributed by atoms with Gasteiger partial charge in [0, 0.05) is 25.3 Å². The van der Waals surface area contributed by atoms with Crippen LogP contribution in [0.1, 0.15) is 12.0 Å². The van der Waals surface area contributed by atoms with Crippen molar-refractivity contribution in [3.8, 4) is 11.5 Å². The summed E-state index contributed by atoms with van der Waals surface area (Å²) in [6.07, 6.45) is 1.43. The summed E-state index contributed by atoms with van der Waals surface area (Å²) >= 11 is 0. The van der Waals surface area contributed by atoms with Gasteiger partial charge in [0.1, 0.15) is 23.4 Å². The number of halogens is 1. The molecule has 2 heterocycles. The predicted molar refractivity (Wildman–Crippen MR) is 143 cm³/mol. The van der Waals surface area contributed by atoms with E-state index in [1.807, 2.05) is 18.2 Å². The molecule has 3 aromatic carbocycles. The minimum absolute atomic E-state index is 0.0225. The minimum atomic E-state index is -0.535. The number of hydrogen-bond donors (Lipinski definition) is 1. The second kappa shape index (κ2) is 12.2. The molecule has 2 atom stereocenters. The molecule has 2 saturated heterocycles. The number of carbonyl (C=O) groups excluding carboxylic acids is 2. The lowest BCUT2D eigenvalue weighted by atomic mass is 9.96. The number of morpholine rings is 1. The Hall–Kier alpha value is -3.75. The number of carbonyl (C=O) groups is 2. The number of anilines is 1. The number of nitrogens with zero attached hydrogens (tertiary/aromatic N) is 2. The normalized spacial score (nSPS) is 19.8. The van der Waals surface area contributed by atoms with Gasteiger partial charge in [-0.25, -0.2) is 4.39 Å². The first-order chi connectivity index (χ1) is 18.5. The van der Waals surface area contributed by atoms with E-state index in [4.69, 9.17) is 9.47 Å². The molecule has 0 saturated carbocycles. The van der Waals surface area contributed by atoms with Gasteiger partial charge in [-0.05, 0) is 72.9 Å². The van der Waals surface area contributed by atoms with Gasteiger partial charge in [0.25, 0.3) is 0 Å². The number of nitrogens with one attached hydrogen (secondary N) is 1.